The highest BCUT2D eigenvalue weighted by atomic mass is 35.5. The number of nitrogens with zero attached hydrogens (tertiary/aromatic N) is 6. The predicted molar refractivity (Wildman–Crippen MR) is 287 cm³/mol. The molecule has 0 aliphatic rings. The van der Waals surface area contributed by atoms with Gasteiger partial charge in [0, 0.05) is 38.1 Å². The summed E-state index contributed by atoms with van der Waals surface area (Å²) in [6.45, 7) is 12.9. The zero-order valence-corrected chi connectivity index (χ0v) is 39.5. The van der Waals surface area contributed by atoms with Crippen molar-refractivity contribution >= 4 is 112 Å². The van der Waals surface area contributed by atoms with E-state index in [1.54, 1.807) is 0 Å². The molecule has 0 spiro atoms. The van der Waals surface area contributed by atoms with Crippen molar-refractivity contribution in [1.82, 2.24) is 18.9 Å². The molecule has 0 N–H and O–H groups in total. The van der Waals surface area contributed by atoms with Gasteiger partial charge in [-0.15, -0.1) is 22.7 Å². The zero-order valence-electron chi connectivity index (χ0n) is 37.1. The molecular formula is C57H39B2ClN6S2. The minimum atomic E-state index is -0.467. The molecule has 4 heterocycles. The zero-order chi connectivity index (χ0) is 46.3. The number of hydrogen-bond acceptors (Lipinski definition) is 5. The maximum absolute atomic E-state index is 12.0. The number of benzene rings is 7. The summed E-state index contributed by atoms with van der Waals surface area (Å²) in [7, 11) is 0. The molecule has 0 saturated carbocycles. The topological polar surface area (TPSA) is 63.8 Å². The summed E-state index contributed by atoms with van der Waals surface area (Å²) in [6, 6.07) is 68.7. The van der Waals surface area contributed by atoms with Crippen LogP contribution >= 0.6 is 34.3 Å². The Morgan fingerprint density at radius 1 is 0.574 bits per heavy atom. The highest BCUT2D eigenvalue weighted by molar-refractivity contribution is 7.20. The lowest BCUT2D eigenvalue weighted by Gasteiger charge is -2.25. The van der Waals surface area contributed by atoms with Crippen LogP contribution < -0.4 is 32.5 Å². The summed E-state index contributed by atoms with van der Waals surface area (Å²) >= 11 is 10.6. The molecule has 6 nitrogen and oxygen atoms in total. The van der Waals surface area contributed by atoms with Crippen LogP contribution in [-0.4, -0.2) is 32.6 Å². The van der Waals surface area contributed by atoms with Gasteiger partial charge in [0.25, 0.3) is 0 Å². The highest BCUT2D eigenvalue weighted by Gasteiger charge is 2.38. The number of rotatable bonds is 10. The minimum absolute atomic E-state index is 0.139. The average Bonchev–Trinajstić information content (AvgIpc) is 4.16. The van der Waals surface area contributed by atoms with Crippen LogP contribution in [0.25, 0.3) is 58.6 Å². The summed E-state index contributed by atoms with van der Waals surface area (Å²) in [6.07, 6.45) is 0. The standard InChI is InChI=1S/C57H39B2ClN6S2/c1-37(2)52-49-50(54(43(36-61)56-63-45-32-18-20-34-47(45)67-56)65(52)58(38-22-8-4-9-23-38)39-24-10-5-11-25-39)53(42-30-16-17-31-44(42)60)66(59(40-26-12-6-13-27-40)41-28-14-7-15-29-41)55(49)51(62-3)57-64-46-33-19-21-35-48(46)68-57/h4-35,37H,1-2H3/b54-43-,55-51+. The molecule has 4 aromatic heterocycles. The van der Waals surface area contributed by atoms with Crippen molar-refractivity contribution in [2.75, 3.05) is 0 Å². The van der Waals surface area contributed by atoms with Gasteiger partial charge in [0.05, 0.1) is 32.4 Å². The average molecular weight is 929 g/mol. The molecule has 0 amide bonds. The molecule has 0 unspecified atom stereocenters. The van der Waals surface area contributed by atoms with Gasteiger partial charge in [0.15, 0.2) is 0 Å². The summed E-state index contributed by atoms with van der Waals surface area (Å²) in [5.74, 6) is -0.139. The lowest BCUT2D eigenvalue weighted by molar-refractivity contribution is 0.810. The second kappa shape index (κ2) is 18.2. The predicted octanol–water partition coefficient (Wildman–Crippen LogP) is 10.2. The summed E-state index contributed by atoms with van der Waals surface area (Å²) < 4.78 is 6.69. The van der Waals surface area contributed by atoms with Crippen LogP contribution in [0.2, 0.25) is 5.02 Å². The van der Waals surface area contributed by atoms with Gasteiger partial charge in [0.2, 0.25) is 5.70 Å². The molecule has 11 rings (SSSR count). The molecule has 0 aliphatic carbocycles. The Bertz CT molecular complexity index is 3650. The van der Waals surface area contributed by atoms with Crippen LogP contribution in [0, 0.1) is 17.9 Å². The van der Waals surface area contributed by atoms with E-state index in [2.05, 4.69) is 149 Å². The Balaban J connectivity index is 1.50. The van der Waals surface area contributed by atoms with E-state index < -0.39 is 13.7 Å². The number of hydrogen-bond donors (Lipinski definition) is 0. The van der Waals surface area contributed by atoms with Crippen molar-refractivity contribution < 1.29 is 0 Å². The van der Waals surface area contributed by atoms with Crippen LogP contribution in [0.5, 0.6) is 0 Å². The van der Waals surface area contributed by atoms with Crippen LogP contribution in [0.15, 0.2) is 194 Å². The Morgan fingerprint density at radius 3 is 1.49 bits per heavy atom. The first kappa shape index (κ1) is 42.9. The molecule has 7 aromatic carbocycles. The van der Waals surface area contributed by atoms with Crippen molar-refractivity contribution in [3.8, 4) is 17.3 Å². The molecule has 0 bridgehead atoms. The van der Waals surface area contributed by atoms with Gasteiger partial charge in [-0.05, 0) is 36.2 Å². The summed E-state index contributed by atoms with van der Waals surface area (Å²) in [5, 5.41) is 16.8. The van der Waals surface area contributed by atoms with Crippen molar-refractivity contribution in [3.63, 3.8) is 0 Å². The molecule has 0 radical (unpaired) electrons. The van der Waals surface area contributed by atoms with Crippen LogP contribution in [0.3, 0.4) is 0 Å². The fourth-order valence-corrected chi connectivity index (χ4v) is 11.9. The van der Waals surface area contributed by atoms with Gasteiger partial charge in [-0.1, -0.05) is 211 Å². The van der Waals surface area contributed by atoms with E-state index in [1.165, 1.54) is 22.7 Å². The van der Waals surface area contributed by atoms with Gasteiger partial charge in [-0.2, -0.15) is 5.26 Å². The monoisotopic (exact) mass is 928 g/mol. The van der Waals surface area contributed by atoms with Crippen molar-refractivity contribution in [2.24, 2.45) is 0 Å². The van der Waals surface area contributed by atoms with E-state index in [4.69, 9.17) is 21.6 Å². The van der Waals surface area contributed by atoms with E-state index in [-0.39, 0.29) is 5.92 Å². The molecule has 0 fully saturated rings. The highest BCUT2D eigenvalue weighted by Crippen LogP contribution is 2.38. The van der Waals surface area contributed by atoms with Crippen molar-refractivity contribution in [1.29, 1.82) is 5.26 Å². The van der Waals surface area contributed by atoms with Crippen molar-refractivity contribution in [3.05, 3.63) is 237 Å². The van der Waals surface area contributed by atoms with Crippen molar-refractivity contribution in [2.45, 2.75) is 19.8 Å². The lowest BCUT2D eigenvalue weighted by Crippen LogP contribution is -2.54. The number of aromatic nitrogens is 4. The summed E-state index contributed by atoms with van der Waals surface area (Å²) in [5.41, 5.74) is 9.11. The Labute approximate surface area is 408 Å². The Hall–Kier alpha value is -7.72. The normalized spacial score (nSPS) is 12.3. The van der Waals surface area contributed by atoms with Crippen LogP contribution in [0.1, 0.15) is 35.5 Å². The molecule has 68 heavy (non-hydrogen) atoms. The molecular weight excluding hydrogens is 890 g/mol. The third kappa shape index (κ3) is 7.35. The largest absolute Gasteiger partial charge is 0.384 e. The van der Waals surface area contributed by atoms with E-state index in [0.29, 0.717) is 37.0 Å². The quantitative estimate of drug-likeness (QED) is 0.101. The minimum Gasteiger partial charge on any atom is -0.384 e. The third-order valence-electron chi connectivity index (χ3n) is 12.5. The first-order valence-corrected chi connectivity index (χ1v) is 24.5. The first-order chi connectivity index (χ1) is 33.4. The molecule has 11 heteroatoms. The van der Waals surface area contributed by atoms with E-state index >= 15 is 0 Å². The van der Waals surface area contributed by atoms with E-state index in [9.17, 15) is 11.8 Å². The third-order valence-corrected chi connectivity index (χ3v) is 15.0. The second-order valence-corrected chi connectivity index (χ2v) is 19.4. The number of halogens is 1. The fourth-order valence-electron chi connectivity index (χ4n) is 9.80. The smallest absolute Gasteiger partial charge is 0.327 e. The van der Waals surface area contributed by atoms with Gasteiger partial charge < -0.3 is 8.96 Å². The maximum Gasteiger partial charge on any atom is 0.327 e. The van der Waals surface area contributed by atoms with Crippen LogP contribution in [0.4, 0.5) is 0 Å². The van der Waals surface area contributed by atoms with Gasteiger partial charge in [-0.25, -0.2) is 14.8 Å². The number of thiazole rings is 2. The Kier molecular flexibility index (Phi) is 11.5. The molecule has 0 aliphatic heterocycles. The van der Waals surface area contributed by atoms with Crippen LogP contribution in [-0.2, 0) is 0 Å². The number of fused-ring (bicyclic) bond motifs is 3. The van der Waals surface area contributed by atoms with Gasteiger partial charge in [-0.3, -0.25) is 0 Å². The molecule has 11 aromatic rings. The van der Waals surface area contributed by atoms with E-state index in [0.717, 1.165) is 70.0 Å². The molecule has 0 atom stereocenters. The molecule has 322 valence electrons. The maximum atomic E-state index is 12.0. The second-order valence-electron chi connectivity index (χ2n) is 16.9. The van der Waals surface area contributed by atoms with E-state index in [1.807, 2.05) is 78.9 Å². The number of para-hydroxylation sites is 2. The lowest BCUT2D eigenvalue weighted by atomic mass is 9.50. The molecule has 0 saturated heterocycles. The van der Waals surface area contributed by atoms with Gasteiger partial charge in [0.1, 0.15) is 21.7 Å². The first-order valence-electron chi connectivity index (χ1n) is 22.5. The fraction of sp³-hybridized carbons (Fsp3) is 0.0526. The SMILES string of the molecule is [C-]#[N+]/C(c1nc2ccccc2s1)=c1\c2c(C(C)C)n(B(c3ccccc3)c3ccccc3)/c(=C(/C#N)c3nc4ccccc4s3)c2c(-c2ccccc2Cl)n1B(c1ccccc1)c1ccccc1. The summed E-state index contributed by atoms with van der Waals surface area (Å²) in [4.78, 5) is 15.0. The number of nitriles is 1. The van der Waals surface area contributed by atoms with Gasteiger partial charge >= 0.3 is 13.7 Å². The Morgan fingerprint density at radius 2 is 1.01 bits per heavy atom.